The number of aliphatic imine (C=N–C) groups is 2. The number of unbranched alkanes of at least 4 members (excludes halogenated alkanes) is 5. The Hall–Kier alpha value is -6.15. The normalized spacial score (nSPS) is 12.7. The fourth-order valence-corrected chi connectivity index (χ4v) is 5.59. The Kier molecular flexibility index (Phi) is 24.3. The van der Waals surface area contributed by atoms with Crippen LogP contribution in [0.15, 0.2) is 34.3 Å². The second kappa shape index (κ2) is 27.5. The molecule has 4 N–H and O–H groups in total. The minimum Gasteiger partial charge on any atom is -0.494 e. The summed E-state index contributed by atoms with van der Waals surface area (Å²) in [6, 6.07) is 6.55. The predicted octanol–water partition coefficient (Wildman–Crippen LogP) is 10.8. The number of hydrogen-bond donors (Lipinski definition) is 4. The van der Waals surface area contributed by atoms with Crippen molar-refractivity contribution < 1.29 is 61.9 Å². The molecule has 1 aromatic rings. The summed E-state index contributed by atoms with van der Waals surface area (Å²) in [5.74, 6) is -0.105. The molecule has 0 spiro atoms. The molecule has 0 atom stereocenters. The Morgan fingerprint density at radius 2 is 0.887 bits per heavy atom. The van der Waals surface area contributed by atoms with E-state index in [4.69, 9.17) is 38.6 Å². The number of nitrogens with one attached hydrogen (secondary N) is 4. The second-order valence-electron chi connectivity index (χ2n) is 22.5. The van der Waals surface area contributed by atoms with Crippen LogP contribution in [0.2, 0.25) is 0 Å². The number of hydrogen-bond acceptors (Lipinski definition) is 14. The lowest BCUT2D eigenvalue weighted by molar-refractivity contribution is 0.0268. The SMILES string of the molecule is CC(C)(C)OC(=O)/N=C(/N(CCCCCCCN/C(=N\C(=O)OC(C)(C)C)NC(=O)OC(C)(C)C)C(=O)OC(C)(C)C)N(CCCCOc1ccc(C(=N)NC(=O)OC(C)(C)C)cc1)C(=O)OC(C)(C)C. The van der Waals surface area contributed by atoms with Crippen molar-refractivity contribution in [2.45, 2.75) is 203 Å². The molecule has 0 bridgehead atoms. The zero-order chi connectivity index (χ0) is 54.6. The molecule has 0 aliphatic rings. The first kappa shape index (κ1) is 62.9. The van der Waals surface area contributed by atoms with Gasteiger partial charge in [0.2, 0.25) is 11.9 Å². The van der Waals surface area contributed by atoms with E-state index in [-0.39, 0.29) is 37.5 Å². The highest BCUT2D eigenvalue weighted by Gasteiger charge is 2.35. The summed E-state index contributed by atoms with van der Waals surface area (Å²) in [7, 11) is 0. The Bertz CT molecular complexity index is 2000. The molecule has 21 heteroatoms. The van der Waals surface area contributed by atoms with Crippen molar-refractivity contribution in [3.63, 3.8) is 0 Å². The van der Waals surface area contributed by atoms with Gasteiger partial charge in [-0.05, 0) is 175 Å². The van der Waals surface area contributed by atoms with E-state index in [0.29, 0.717) is 62.8 Å². The zero-order valence-corrected chi connectivity index (χ0v) is 45.7. The maximum absolute atomic E-state index is 14.1. The summed E-state index contributed by atoms with van der Waals surface area (Å²) in [6.45, 7) is 31.0. The van der Waals surface area contributed by atoms with Gasteiger partial charge in [-0.25, -0.2) is 38.6 Å². The van der Waals surface area contributed by atoms with E-state index in [2.05, 4.69) is 25.9 Å². The molecule has 0 saturated carbocycles. The van der Waals surface area contributed by atoms with Gasteiger partial charge in [-0.1, -0.05) is 19.3 Å². The number of guanidine groups is 2. The molecule has 1 aromatic carbocycles. The largest absolute Gasteiger partial charge is 0.494 e. The standard InChI is InChI=1S/C50H84N8O13/c1-45(2,3)66-39(59)53-36(51)34-26-28-35(29-27-34)65-33-25-24-32-58(44(64)71-50(16,17)18)38(56-42(62)69-48(10,11)12)57(43(63)70-49(13,14)15)31-23-21-19-20-22-30-52-37(54-40(60)67-46(4,5)6)55-41(61)68-47(7,8)9/h26-29H,19-25,30-33H2,1-18H3,(H2,51,53,59)(H2,52,54,55,60,61)/b56-38-. The number of benzene rings is 1. The number of nitrogens with zero attached hydrogens (tertiary/aromatic N) is 4. The molecule has 0 aromatic heterocycles. The Labute approximate surface area is 421 Å². The predicted molar refractivity (Wildman–Crippen MR) is 271 cm³/mol. The number of ether oxygens (including phenoxy) is 7. The van der Waals surface area contributed by atoms with Gasteiger partial charge in [-0.15, -0.1) is 9.98 Å². The molecule has 71 heavy (non-hydrogen) atoms. The van der Waals surface area contributed by atoms with E-state index in [1.54, 1.807) is 149 Å². The van der Waals surface area contributed by atoms with Crippen molar-refractivity contribution in [3.8, 4) is 5.75 Å². The monoisotopic (exact) mass is 1000 g/mol. The van der Waals surface area contributed by atoms with Crippen LogP contribution in [-0.2, 0) is 28.4 Å². The lowest BCUT2D eigenvalue weighted by Crippen LogP contribution is -2.53. The van der Waals surface area contributed by atoms with Crippen LogP contribution < -0.4 is 20.7 Å². The first-order valence-electron chi connectivity index (χ1n) is 24.0. The zero-order valence-electron chi connectivity index (χ0n) is 45.7. The van der Waals surface area contributed by atoms with Gasteiger partial charge >= 0.3 is 36.6 Å². The molecule has 0 aliphatic heterocycles. The van der Waals surface area contributed by atoms with Gasteiger partial charge < -0.3 is 38.5 Å². The third-order valence-electron chi connectivity index (χ3n) is 8.18. The topological polar surface area (TPSA) is 258 Å². The quantitative estimate of drug-likeness (QED) is 0.0552. The van der Waals surface area contributed by atoms with E-state index >= 15 is 0 Å². The van der Waals surface area contributed by atoms with Crippen LogP contribution in [0.1, 0.15) is 175 Å². The van der Waals surface area contributed by atoms with Crippen LogP contribution in [0.4, 0.5) is 28.8 Å². The van der Waals surface area contributed by atoms with Crippen LogP contribution >= 0.6 is 0 Å². The third kappa shape index (κ3) is 30.9. The summed E-state index contributed by atoms with van der Waals surface area (Å²) < 4.78 is 38.9. The van der Waals surface area contributed by atoms with E-state index in [1.807, 2.05) is 0 Å². The third-order valence-corrected chi connectivity index (χ3v) is 8.18. The molecule has 402 valence electrons. The highest BCUT2D eigenvalue weighted by atomic mass is 16.6. The van der Waals surface area contributed by atoms with Crippen molar-refractivity contribution in [2.75, 3.05) is 26.2 Å². The van der Waals surface area contributed by atoms with Gasteiger partial charge in [0.05, 0.1) is 6.61 Å². The van der Waals surface area contributed by atoms with Crippen LogP contribution in [0.25, 0.3) is 0 Å². The van der Waals surface area contributed by atoms with Crippen LogP contribution in [-0.4, -0.2) is 124 Å². The van der Waals surface area contributed by atoms with Crippen LogP contribution in [0.5, 0.6) is 5.75 Å². The van der Waals surface area contributed by atoms with E-state index < -0.39 is 70.2 Å². The summed E-state index contributed by atoms with van der Waals surface area (Å²) in [4.78, 5) is 89.2. The number of carbonyl (C=O) groups excluding carboxylic acids is 6. The molecule has 6 amide bonds. The lowest BCUT2D eigenvalue weighted by atomic mass is 10.1. The van der Waals surface area contributed by atoms with E-state index in [0.717, 1.165) is 9.80 Å². The van der Waals surface area contributed by atoms with Crippen LogP contribution in [0, 0.1) is 5.41 Å². The summed E-state index contributed by atoms with van der Waals surface area (Å²) in [6.07, 6.45) is -1.51. The molecule has 0 saturated heterocycles. The van der Waals surface area contributed by atoms with Crippen molar-refractivity contribution in [3.05, 3.63) is 29.8 Å². The average Bonchev–Trinajstić information content (AvgIpc) is 3.13. The molecule has 1 rings (SSSR count). The maximum atomic E-state index is 14.1. The molecule has 0 radical (unpaired) electrons. The number of amides is 6. The minimum absolute atomic E-state index is 0.00947. The highest BCUT2D eigenvalue weighted by molar-refractivity contribution is 6.05. The summed E-state index contributed by atoms with van der Waals surface area (Å²) in [5.41, 5.74) is -4.79. The van der Waals surface area contributed by atoms with Crippen molar-refractivity contribution in [1.82, 2.24) is 25.8 Å². The van der Waals surface area contributed by atoms with Gasteiger partial charge in [0.1, 0.15) is 45.2 Å². The lowest BCUT2D eigenvalue weighted by Gasteiger charge is -2.34. The van der Waals surface area contributed by atoms with E-state index in [9.17, 15) is 28.8 Å². The first-order chi connectivity index (χ1) is 32.3. The average molecular weight is 1010 g/mol. The molecule has 0 heterocycles. The Morgan fingerprint density at radius 3 is 1.34 bits per heavy atom. The highest BCUT2D eigenvalue weighted by Crippen LogP contribution is 2.20. The van der Waals surface area contributed by atoms with E-state index in [1.165, 1.54) is 0 Å². The maximum Gasteiger partial charge on any atom is 0.437 e. The second-order valence-corrected chi connectivity index (χ2v) is 22.5. The van der Waals surface area contributed by atoms with Gasteiger partial charge in [0.25, 0.3) is 0 Å². The fraction of sp³-hybridized carbons (Fsp3) is 0.700. The first-order valence-corrected chi connectivity index (χ1v) is 24.0. The number of alkyl carbamates (subject to hydrolysis) is 2. The van der Waals surface area contributed by atoms with Gasteiger partial charge in [0.15, 0.2) is 0 Å². The van der Waals surface area contributed by atoms with Crippen molar-refractivity contribution in [2.24, 2.45) is 9.98 Å². The molecular weight excluding hydrogens is 921 g/mol. The van der Waals surface area contributed by atoms with Gasteiger partial charge in [-0.3, -0.25) is 16.0 Å². The minimum atomic E-state index is -1.04. The Balaban J connectivity index is 3.30. The molecule has 21 nitrogen and oxygen atoms in total. The molecular formula is C50H84N8O13. The van der Waals surface area contributed by atoms with Crippen LogP contribution in [0.3, 0.4) is 0 Å². The fourth-order valence-electron chi connectivity index (χ4n) is 5.59. The number of amidine groups is 1. The number of rotatable bonds is 15. The molecule has 0 fully saturated rings. The van der Waals surface area contributed by atoms with Gasteiger partial charge in [0, 0.05) is 25.2 Å². The molecule has 0 unspecified atom stereocenters. The smallest absolute Gasteiger partial charge is 0.437 e. The van der Waals surface area contributed by atoms with Gasteiger partial charge in [-0.2, -0.15) is 0 Å². The summed E-state index contributed by atoms with van der Waals surface area (Å²) >= 11 is 0. The summed E-state index contributed by atoms with van der Waals surface area (Å²) in [5, 5.41) is 16.1. The Morgan fingerprint density at radius 1 is 0.493 bits per heavy atom. The van der Waals surface area contributed by atoms with Crippen molar-refractivity contribution in [1.29, 1.82) is 5.41 Å². The van der Waals surface area contributed by atoms with Crippen molar-refractivity contribution >= 4 is 54.3 Å². The molecule has 0 aliphatic carbocycles. The number of carbonyl (C=O) groups is 6.